The minimum atomic E-state index is -2.87. The van der Waals surface area contributed by atoms with E-state index in [9.17, 15) is 23.1 Å². The number of carboxylic acids is 1. The van der Waals surface area contributed by atoms with Crippen LogP contribution in [0.4, 0.5) is 15.8 Å². The van der Waals surface area contributed by atoms with Crippen molar-refractivity contribution in [2.24, 2.45) is 5.92 Å². The van der Waals surface area contributed by atoms with Crippen molar-refractivity contribution in [2.75, 3.05) is 30.5 Å². The molecule has 1 N–H and O–H groups in total. The van der Waals surface area contributed by atoms with Gasteiger partial charge >= 0.3 is 5.97 Å². The highest BCUT2D eigenvalue weighted by molar-refractivity contribution is 7.81. The normalized spacial score (nSPS) is 19.8. The van der Waals surface area contributed by atoms with Crippen molar-refractivity contribution < 1.29 is 27.8 Å². The third kappa shape index (κ3) is 4.73. The van der Waals surface area contributed by atoms with Crippen LogP contribution in [0.25, 0.3) is 6.08 Å². The molecule has 1 heterocycles. The smallest absolute Gasteiger partial charge is 0.341 e. The predicted octanol–water partition coefficient (Wildman–Crippen LogP) is 4.70. The number of likely N-dealkylation sites (N-methyl/N-ethyl adjacent to an activating group) is 1. The molecule has 2 aliphatic rings. The number of anilines is 2. The highest BCUT2D eigenvalue weighted by Crippen LogP contribution is 2.56. The summed E-state index contributed by atoms with van der Waals surface area (Å²) >= 11 is -2.87. The average molecular weight is 488 g/mol. The van der Waals surface area contributed by atoms with Crippen LogP contribution in [-0.4, -0.2) is 51.0 Å². The number of ether oxygens (including phenoxy) is 1. The number of hydrogen-bond donors (Lipinski definition) is 1. The maximum Gasteiger partial charge on any atom is 0.341 e. The zero-order valence-electron chi connectivity index (χ0n) is 19.4. The molecule has 0 radical (unpaired) electrons. The Hall–Kier alpha value is -2.75. The van der Waals surface area contributed by atoms with E-state index >= 15 is 0 Å². The monoisotopic (exact) mass is 487 g/mol. The zero-order chi connectivity index (χ0) is 24.6. The van der Waals surface area contributed by atoms with E-state index in [0.29, 0.717) is 24.6 Å². The van der Waals surface area contributed by atoms with Gasteiger partial charge in [0.25, 0.3) is 0 Å². The van der Waals surface area contributed by atoms with E-state index < -0.39 is 23.1 Å². The van der Waals surface area contributed by atoms with Crippen LogP contribution in [0.3, 0.4) is 0 Å². The average Bonchev–Trinajstić information content (AvgIpc) is 3.58. The number of benzene rings is 2. The molecule has 0 saturated heterocycles. The van der Waals surface area contributed by atoms with E-state index in [0.717, 1.165) is 41.0 Å². The lowest BCUT2D eigenvalue weighted by atomic mass is 9.99. The number of carboxylic acid groups (broad SMARTS) is 1. The van der Waals surface area contributed by atoms with Crippen LogP contribution < -0.4 is 9.04 Å². The van der Waals surface area contributed by atoms with E-state index in [1.807, 2.05) is 20.8 Å². The Labute approximate surface area is 201 Å². The van der Waals surface area contributed by atoms with Crippen molar-refractivity contribution in [3.63, 3.8) is 0 Å². The van der Waals surface area contributed by atoms with Gasteiger partial charge in [0.1, 0.15) is 17.1 Å². The van der Waals surface area contributed by atoms with Crippen LogP contribution >= 0.6 is 0 Å². The molecule has 0 bridgehead atoms. The second-order valence-electron chi connectivity index (χ2n) is 8.76. The summed E-state index contributed by atoms with van der Waals surface area (Å²) in [5, 5.41) is 10.0. The van der Waals surface area contributed by atoms with Gasteiger partial charge in [0, 0.05) is 18.0 Å². The van der Waals surface area contributed by atoms with Crippen LogP contribution in [0.1, 0.15) is 54.6 Å². The summed E-state index contributed by atoms with van der Waals surface area (Å²) in [5.74, 6) is -0.954. The molecule has 1 fully saturated rings. The van der Waals surface area contributed by atoms with Gasteiger partial charge in [0.2, 0.25) is 0 Å². The third-order valence-electron chi connectivity index (χ3n) is 6.49. The van der Waals surface area contributed by atoms with E-state index in [1.165, 1.54) is 18.2 Å². The molecule has 0 amide bonds. The molecule has 7 nitrogen and oxygen atoms in total. The number of hydrogen-bond acceptors (Lipinski definition) is 5. The molecule has 0 aromatic heterocycles. The first kappa shape index (κ1) is 24.4. The Kier molecular flexibility index (Phi) is 7.06. The van der Waals surface area contributed by atoms with Gasteiger partial charge in [0.15, 0.2) is 0 Å². The van der Waals surface area contributed by atoms with Gasteiger partial charge in [-0.15, -0.1) is 0 Å². The first-order valence-electron chi connectivity index (χ1n) is 11.4. The van der Waals surface area contributed by atoms with Crippen molar-refractivity contribution in [1.82, 2.24) is 4.90 Å². The summed E-state index contributed by atoms with van der Waals surface area (Å²) in [6, 6.07) is 7.01. The minimum Gasteiger partial charge on any atom is -0.755 e. The van der Waals surface area contributed by atoms with Gasteiger partial charge in [-0.3, -0.25) is 13.4 Å². The van der Waals surface area contributed by atoms with E-state index in [4.69, 9.17) is 4.74 Å². The van der Waals surface area contributed by atoms with Gasteiger partial charge in [-0.25, -0.2) is 9.18 Å². The first-order chi connectivity index (χ1) is 16.2. The molecule has 3 atom stereocenters. The van der Waals surface area contributed by atoms with Crippen molar-refractivity contribution in [3.8, 4) is 5.75 Å². The minimum absolute atomic E-state index is 0.0404. The van der Waals surface area contributed by atoms with Crippen molar-refractivity contribution in [1.29, 1.82) is 0 Å². The summed E-state index contributed by atoms with van der Waals surface area (Å²) < 4.78 is 45.8. The molecule has 3 unspecified atom stereocenters. The van der Waals surface area contributed by atoms with Gasteiger partial charge in [-0.2, -0.15) is 0 Å². The number of halogens is 1. The second kappa shape index (κ2) is 9.85. The van der Waals surface area contributed by atoms with Gasteiger partial charge in [-0.05, 0) is 62.2 Å². The molecule has 2 aromatic rings. The van der Waals surface area contributed by atoms with E-state index in [-0.39, 0.29) is 28.6 Å². The van der Waals surface area contributed by atoms with Crippen LogP contribution in [0.5, 0.6) is 5.75 Å². The fourth-order valence-electron chi connectivity index (χ4n) is 4.64. The summed E-state index contributed by atoms with van der Waals surface area (Å²) in [6.07, 6.45) is 2.67. The molecule has 1 aliphatic carbocycles. The molecular weight excluding hydrogens is 459 g/mol. The van der Waals surface area contributed by atoms with Crippen molar-refractivity contribution in [3.05, 3.63) is 58.4 Å². The van der Waals surface area contributed by atoms with Gasteiger partial charge in [-0.1, -0.05) is 31.6 Å². The Morgan fingerprint density at radius 1 is 1.26 bits per heavy atom. The Bertz CT molecular complexity index is 1160. The maximum atomic E-state index is 14.2. The van der Waals surface area contributed by atoms with E-state index in [2.05, 4.69) is 4.90 Å². The fourth-order valence-corrected chi connectivity index (χ4v) is 5.28. The molecule has 9 heteroatoms. The SMILES string of the molecule is CCN(CC)CC(C)=Cc1cc(F)ccc1N(c1ccc2c(c1C(=O)O)OCC1CC21)S(=O)[O-]. The van der Waals surface area contributed by atoms with Crippen LogP contribution in [-0.2, 0) is 11.3 Å². The van der Waals surface area contributed by atoms with Crippen LogP contribution in [0.2, 0.25) is 0 Å². The summed E-state index contributed by atoms with van der Waals surface area (Å²) in [6.45, 7) is 8.72. The fraction of sp³-hybridized carbons (Fsp3) is 0.400. The molecule has 34 heavy (non-hydrogen) atoms. The lowest BCUT2D eigenvalue weighted by molar-refractivity contribution is 0.0692. The third-order valence-corrected chi connectivity index (χ3v) is 7.18. The topological polar surface area (TPSA) is 93.1 Å². The molecule has 0 spiro atoms. The maximum absolute atomic E-state index is 14.2. The molecule has 1 saturated carbocycles. The second-order valence-corrected chi connectivity index (χ2v) is 9.56. The predicted molar refractivity (Wildman–Crippen MR) is 129 cm³/mol. The van der Waals surface area contributed by atoms with Crippen LogP contribution in [0, 0.1) is 11.7 Å². The first-order valence-corrected chi connectivity index (χ1v) is 12.4. The summed E-state index contributed by atoms with van der Waals surface area (Å²) in [4.78, 5) is 14.5. The largest absolute Gasteiger partial charge is 0.755 e. The van der Waals surface area contributed by atoms with Gasteiger partial charge < -0.3 is 14.4 Å². The molecular formula is C25H28FN2O5S-. The molecule has 1 aliphatic heterocycles. The molecule has 2 aromatic carbocycles. The number of nitrogens with zero attached hydrogens (tertiary/aromatic N) is 2. The Balaban J connectivity index is 1.83. The molecule has 4 rings (SSSR count). The zero-order valence-corrected chi connectivity index (χ0v) is 20.2. The Morgan fingerprint density at radius 3 is 2.62 bits per heavy atom. The van der Waals surface area contributed by atoms with Crippen molar-refractivity contribution in [2.45, 2.75) is 33.1 Å². The summed E-state index contributed by atoms with van der Waals surface area (Å²) in [7, 11) is 0. The number of fused-ring (bicyclic) bond motifs is 3. The van der Waals surface area contributed by atoms with E-state index in [1.54, 1.807) is 12.1 Å². The van der Waals surface area contributed by atoms with Crippen molar-refractivity contribution >= 4 is 34.7 Å². The highest BCUT2D eigenvalue weighted by atomic mass is 32.2. The molecule has 182 valence electrons. The lowest BCUT2D eigenvalue weighted by Crippen LogP contribution is -2.25. The summed E-state index contributed by atoms with van der Waals surface area (Å²) in [5.41, 5.74) is 1.97. The standard InChI is InChI=1S/C25H29FN2O5S/c1-4-27(5-2)13-15(3)10-16-11-18(26)6-8-21(16)28(34(31)32)22-9-7-19-20-12-17(20)14-33-24(19)23(22)25(29)30/h6-11,17,20H,4-5,12-14H2,1-3H3,(H,29,30)(H,31,32)/p-1. The van der Waals surface area contributed by atoms with Gasteiger partial charge in [0.05, 0.1) is 29.2 Å². The number of aromatic carboxylic acids is 1. The number of carbonyl (C=O) groups is 1. The Morgan fingerprint density at radius 2 is 1.97 bits per heavy atom. The van der Waals surface area contributed by atoms with Crippen LogP contribution in [0.15, 0.2) is 35.9 Å². The lowest BCUT2D eigenvalue weighted by Gasteiger charge is -2.31. The quantitative estimate of drug-likeness (QED) is 0.516. The highest BCUT2D eigenvalue weighted by Gasteiger charge is 2.45. The number of rotatable bonds is 9.